The van der Waals surface area contributed by atoms with Crippen LogP contribution >= 0.6 is 0 Å². The van der Waals surface area contributed by atoms with Gasteiger partial charge in [0, 0.05) is 12.1 Å². The van der Waals surface area contributed by atoms with E-state index in [-0.39, 0.29) is 23.2 Å². The summed E-state index contributed by atoms with van der Waals surface area (Å²) in [6.45, 7) is 1.82. The van der Waals surface area contributed by atoms with Crippen LogP contribution in [0, 0.1) is 5.82 Å². The van der Waals surface area contributed by atoms with E-state index in [1.54, 1.807) is 4.57 Å². The normalized spacial score (nSPS) is 24.5. The van der Waals surface area contributed by atoms with Crippen molar-refractivity contribution < 1.29 is 17.5 Å². The predicted molar refractivity (Wildman–Crippen MR) is 77.6 cm³/mol. The lowest BCUT2D eigenvalue weighted by Gasteiger charge is -2.26. The first-order valence-corrected chi connectivity index (χ1v) is 8.30. The molecule has 1 fully saturated rings. The number of imidazole rings is 1. The second-order valence-corrected chi connectivity index (χ2v) is 7.80. The highest BCUT2D eigenvalue weighted by molar-refractivity contribution is 7.91. The number of ether oxygens (including phenoxy) is 1. The van der Waals surface area contributed by atoms with Crippen LogP contribution < -0.4 is 10.5 Å². The van der Waals surface area contributed by atoms with E-state index >= 15 is 0 Å². The van der Waals surface area contributed by atoms with Crippen LogP contribution in [0.1, 0.15) is 13.3 Å². The first-order valence-electron chi connectivity index (χ1n) is 6.48. The van der Waals surface area contributed by atoms with Gasteiger partial charge < -0.3 is 15.0 Å². The van der Waals surface area contributed by atoms with Crippen molar-refractivity contribution >= 4 is 26.8 Å². The number of hydrogen-bond donors (Lipinski definition) is 1. The highest BCUT2D eigenvalue weighted by atomic mass is 32.2. The Hall–Kier alpha value is -1.83. The van der Waals surface area contributed by atoms with Crippen LogP contribution in [0.15, 0.2) is 12.1 Å². The Labute approximate surface area is 121 Å². The first-order chi connectivity index (χ1) is 9.76. The molecule has 0 radical (unpaired) electrons. The number of nitrogen functional groups attached to an aromatic ring is 1. The molecule has 1 aliphatic heterocycles. The zero-order valence-electron chi connectivity index (χ0n) is 11.8. The van der Waals surface area contributed by atoms with E-state index in [1.165, 1.54) is 19.2 Å². The van der Waals surface area contributed by atoms with Crippen LogP contribution in [0.5, 0.6) is 5.75 Å². The summed E-state index contributed by atoms with van der Waals surface area (Å²) in [5.74, 6) is -0.166. The zero-order valence-corrected chi connectivity index (χ0v) is 12.6. The summed E-state index contributed by atoms with van der Waals surface area (Å²) in [7, 11) is -1.73. The van der Waals surface area contributed by atoms with E-state index in [2.05, 4.69) is 4.98 Å². The Morgan fingerprint density at radius 1 is 1.48 bits per heavy atom. The second-order valence-electron chi connectivity index (χ2n) is 5.62. The molecule has 6 nitrogen and oxygen atoms in total. The maximum absolute atomic E-state index is 13.7. The van der Waals surface area contributed by atoms with Gasteiger partial charge in [0.05, 0.1) is 35.2 Å². The van der Waals surface area contributed by atoms with Gasteiger partial charge in [-0.3, -0.25) is 0 Å². The molecule has 0 amide bonds. The van der Waals surface area contributed by atoms with Crippen molar-refractivity contribution in [2.45, 2.75) is 18.9 Å². The van der Waals surface area contributed by atoms with Gasteiger partial charge in [-0.25, -0.2) is 17.8 Å². The maximum atomic E-state index is 13.7. The minimum absolute atomic E-state index is 0.00461. The molecule has 114 valence electrons. The summed E-state index contributed by atoms with van der Waals surface area (Å²) in [5, 5.41) is 0. The number of fused-ring (bicyclic) bond motifs is 1. The summed E-state index contributed by atoms with van der Waals surface area (Å²) in [5.41, 5.74) is 6.22. The average molecular weight is 313 g/mol. The van der Waals surface area contributed by atoms with Gasteiger partial charge in [-0.1, -0.05) is 0 Å². The summed E-state index contributed by atoms with van der Waals surface area (Å²) in [6, 6.07) is 2.75. The molecule has 2 N–H and O–H groups in total. The van der Waals surface area contributed by atoms with Gasteiger partial charge in [-0.15, -0.1) is 0 Å². The van der Waals surface area contributed by atoms with Gasteiger partial charge in [0.2, 0.25) is 5.95 Å². The molecule has 0 spiro atoms. The lowest BCUT2D eigenvalue weighted by Crippen LogP contribution is -2.32. The third-order valence-corrected chi connectivity index (χ3v) is 5.86. The van der Waals surface area contributed by atoms with Crippen molar-refractivity contribution in [3.63, 3.8) is 0 Å². The van der Waals surface area contributed by atoms with Gasteiger partial charge in [-0.05, 0) is 13.3 Å². The molecule has 1 aromatic heterocycles. The molecule has 0 aliphatic carbocycles. The van der Waals surface area contributed by atoms with Gasteiger partial charge in [-0.2, -0.15) is 0 Å². The SMILES string of the molecule is COc1cc2c(cc1F)nc(N)n2C1(C)CCS(=O)(=O)C1. The lowest BCUT2D eigenvalue weighted by atomic mass is 10.0. The first kappa shape index (κ1) is 14.1. The van der Waals surface area contributed by atoms with Crippen LogP contribution in [0.3, 0.4) is 0 Å². The molecule has 1 atom stereocenters. The van der Waals surface area contributed by atoms with Gasteiger partial charge in [0.15, 0.2) is 21.4 Å². The molecule has 8 heteroatoms. The molecule has 1 aromatic carbocycles. The fourth-order valence-corrected chi connectivity index (χ4v) is 5.11. The van der Waals surface area contributed by atoms with E-state index in [9.17, 15) is 12.8 Å². The molecule has 1 unspecified atom stereocenters. The van der Waals surface area contributed by atoms with Crippen molar-refractivity contribution in [3.05, 3.63) is 17.9 Å². The number of rotatable bonds is 2. The van der Waals surface area contributed by atoms with Crippen LogP contribution in [0.2, 0.25) is 0 Å². The minimum Gasteiger partial charge on any atom is -0.494 e. The summed E-state index contributed by atoms with van der Waals surface area (Å²) < 4.78 is 44.0. The number of methoxy groups -OCH3 is 1. The fourth-order valence-electron chi connectivity index (χ4n) is 2.99. The summed E-state index contributed by atoms with van der Waals surface area (Å²) in [6.07, 6.45) is 0.449. The average Bonchev–Trinajstić information content (AvgIpc) is 2.84. The number of nitrogens with two attached hydrogens (primary N) is 1. The van der Waals surface area contributed by atoms with Gasteiger partial charge in [0.1, 0.15) is 0 Å². The minimum atomic E-state index is -3.10. The van der Waals surface area contributed by atoms with Crippen LogP contribution in [-0.2, 0) is 15.4 Å². The molecule has 2 aromatic rings. The quantitative estimate of drug-likeness (QED) is 0.903. The highest BCUT2D eigenvalue weighted by Crippen LogP contribution is 2.37. The Bertz CT molecular complexity index is 831. The Balaban J connectivity index is 2.25. The third kappa shape index (κ3) is 2.14. The van der Waals surface area contributed by atoms with Crippen molar-refractivity contribution in [1.82, 2.24) is 9.55 Å². The molecule has 0 bridgehead atoms. The second kappa shape index (κ2) is 4.33. The molecule has 0 saturated carbocycles. The Morgan fingerprint density at radius 2 is 2.19 bits per heavy atom. The molecule has 21 heavy (non-hydrogen) atoms. The largest absolute Gasteiger partial charge is 0.494 e. The van der Waals surface area contributed by atoms with E-state index in [4.69, 9.17) is 10.5 Å². The molecule has 1 saturated heterocycles. The standard InChI is InChI=1S/C13H16FN3O3S/c1-13(3-4-21(18,19)7-13)17-10-6-11(20-2)8(14)5-9(10)16-12(17)15/h5-6H,3-4,7H2,1-2H3,(H2,15,16). The lowest BCUT2D eigenvalue weighted by molar-refractivity contribution is 0.376. The summed E-state index contributed by atoms with van der Waals surface area (Å²) >= 11 is 0. The zero-order chi connectivity index (χ0) is 15.4. The smallest absolute Gasteiger partial charge is 0.201 e. The highest BCUT2D eigenvalue weighted by Gasteiger charge is 2.41. The topological polar surface area (TPSA) is 87.2 Å². The van der Waals surface area contributed by atoms with Crippen molar-refractivity contribution in [3.8, 4) is 5.75 Å². The molecule has 1 aliphatic rings. The molecular formula is C13H16FN3O3S. The number of aromatic nitrogens is 2. The number of sulfone groups is 1. The van der Waals surface area contributed by atoms with Crippen molar-refractivity contribution in [1.29, 1.82) is 0 Å². The maximum Gasteiger partial charge on any atom is 0.201 e. The van der Waals surface area contributed by atoms with Crippen LogP contribution in [0.25, 0.3) is 11.0 Å². The fraction of sp³-hybridized carbons (Fsp3) is 0.462. The molecule has 3 rings (SSSR count). The van der Waals surface area contributed by atoms with E-state index in [0.29, 0.717) is 17.5 Å². The van der Waals surface area contributed by atoms with E-state index < -0.39 is 21.2 Å². The predicted octanol–water partition coefficient (Wildman–Crippen LogP) is 1.30. The van der Waals surface area contributed by atoms with E-state index in [1.807, 2.05) is 6.92 Å². The van der Waals surface area contributed by atoms with Gasteiger partial charge >= 0.3 is 0 Å². The van der Waals surface area contributed by atoms with Crippen molar-refractivity contribution in [2.24, 2.45) is 0 Å². The van der Waals surface area contributed by atoms with E-state index in [0.717, 1.165) is 0 Å². The van der Waals surface area contributed by atoms with Crippen molar-refractivity contribution in [2.75, 3.05) is 24.3 Å². The molecular weight excluding hydrogens is 297 g/mol. The third-order valence-electron chi connectivity index (χ3n) is 3.98. The Kier molecular flexibility index (Phi) is 2.91. The number of benzene rings is 1. The number of nitrogens with zero attached hydrogens (tertiary/aromatic N) is 2. The number of hydrogen-bond acceptors (Lipinski definition) is 5. The molecule has 2 heterocycles. The number of halogens is 1. The monoisotopic (exact) mass is 313 g/mol. The van der Waals surface area contributed by atoms with Gasteiger partial charge in [0.25, 0.3) is 0 Å². The van der Waals surface area contributed by atoms with Crippen LogP contribution in [0.4, 0.5) is 10.3 Å². The van der Waals surface area contributed by atoms with Crippen LogP contribution in [-0.4, -0.2) is 36.6 Å². The Morgan fingerprint density at radius 3 is 2.76 bits per heavy atom. The number of anilines is 1. The summed E-state index contributed by atoms with van der Waals surface area (Å²) in [4.78, 5) is 4.14.